The molecule has 6 heteroatoms. The van der Waals surface area contributed by atoms with Crippen LogP contribution >= 0.6 is 0 Å². The number of nitrogens with two attached hydrogens (primary N) is 1. The van der Waals surface area contributed by atoms with E-state index in [1.165, 1.54) is 0 Å². The van der Waals surface area contributed by atoms with Crippen molar-refractivity contribution < 1.29 is 4.79 Å². The van der Waals surface area contributed by atoms with E-state index >= 15 is 0 Å². The summed E-state index contributed by atoms with van der Waals surface area (Å²) in [7, 11) is 2.16. The third-order valence-corrected chi connectivity index (χ3v) is 4.24. The zero-order valence-corrected chi connectivity index (χ0v) is 12.5. The van der Waals surface area contributed by atoms with Gasteiger partial charge in [0.15, 0.2) is 0 Å². The average Bonchev–Trinajstić information content (AvgIpc) is 2.80. The van der Waals surface area contributed by atoms with Crippen molar-refractivity contribution in [2.75, 3.05) is 62.7 Å². The van der Waals surface area contributed by atoms with Crippen LogP contribution in [-0.2, 0) is 11.2 Å². The summed E-state index contributed by atoms with van der Waals surface area (Å²) >= 11 is 0. The van der Waals surface area contributed by atoms with Crippen molar-refractivity contribution in [1.29, 1.82) is 0 Å². The van der Waals surface area contributed by atoms with Crippen LogP contribution in [0.1, 0.15) is 5.56 Å². The van der Waals surface area contributed by atoms with Crippen molar-refractivity contribution in [3.05, 3.63) is 17.7 Å². The number of piperazine rings is 1. The number of hydrogen-bond donors (Lipinski definition) is 3. The van der Waals surface area contributed by atoms with Crippen LogP contribution in [0, 0.1) is 0 Å². The van der Waals surface area contributed by atoms with Crippen molar-refractivity contribution in [2.45, 2.75) is 6.42 Å². The van der Waals surface area contributed by atoms with Crippen LogP contribution in [0.5, 0.6) is 0 Å². The van der Waals surface area contributed by atoms with Gasteiger partial charge in [-0.3, -0.25) is 9.69 Å². The lowest BCUT2D eigenvalue weighted by Crippen LogP contribution is -2.45. The minimum absolute atomic E-state index is 0.0407. The largest absolute Gasteiger partial charge is 0.397 e. The van der Waals surface area contributed by atoms with E-state index in [9.17, 15) is 4.79 Å². The maximum absolute atomic E-state index is 11.4. The summed E-state index contributed by atoms with van der Waals surface area (Å²) in [5.74, 6) is 0.0407. The van der Waals surface area contributed by atoms with E-state index in [4.69, 9.17) is 5.73 Å². The zero-order chi connectivity index (χ0) is 14.8. The zero-order valence-electron chi connectivity index (χ0n) is 12.5. The first-order chi connectivity index (χ1) is 10.1. The molecular formula is C15H23N5O. The number of carbonyl (C=O) groups is 1. The van der Waals surface area contributed by atoms with Gasteiger partial charge < -0.3 is 21.3 Å². The van der Waals surface area contributed by atoms with Crippen molar-refractivity contribution >= 4 is 23.0 Å². The van der Waals surface area contributed by atoms with Gasteiger partial charge in [-0.2, -0.15) is 0 Å². The normalized spacial score (nSPS) is 19.4. The quantitative estimate of drug-likeness (QED) is 0.701. The van der Waals surface area contributed by atoms with Crippen molar-refractivity contribution in [2.24, 2.45) is 0 Å². The summed E-state index contributed by atoms with van der Waals surface area (Å²) in [6, 6.07) is 3.84. The van der Waals surface area contributed by atoms with Crippen LogP contribution in [0.15, 0.2) is 12.1 Å². The number of nitrogens with one attached hydrogen (secondary N) is 2. The smallest absolute Gasteiger partial charge is 0.228 e. The minimum Gasteiger partial charge on any atom is -0.397 e. The lowest BCUT2D eigenvalue weighted by Gasteiger charge is -2.32. The molecule has 6 nitrogen and oxygen atoms in total. The molecule has 0 radical (unpaired) electrons. The second kappa shape index (κ2) is 5.91. The topological polar surface area (TPSA) is 73.6 Å². The highest BCUT2D eigenvalue weighted by molar-refractivity contribution is 6.00. The first-order valence-corrected chi connectivity index (χ1v) is 7.49. The van der Waals surface area contributed by atoms with Crippen LogP contribution in [0.4, 0.5) is 17.1 Å². The molecule has 0 unspecified atom stereocenters. The average molecular weight is 289 g/mol. The molecule has 1 aromatic carbocycles. The number of carbonyl (C=O) groups excluding carboxylic acids is 1. The van der Waals surface area contributed by atoms with Crippen LogP contribution in [0.2, 0.25) is 0 Å². The molecule has 3 rings (SSSR count). The molecule has 0 aliphatic carbocycles. The summed E-state index contributed by atoms with van der Waals surface area (Å²) in [5, 5.41) is 6.24. The second-order valence-corrected chi connectivity index (χ2v) is 5.89. The molecule has 0 saturated carbocycles. The van der Waals surface area contributed by atoms with E-state index in [0.717, 1.165) is 56.2 Å². The van der Waals surface area contributed by atoms with Crippen molar-refractivity contribution in [3.63, 3.8) is 0 Å². The van der Waals surface area contributed by atoms with Gasteiger partial charge in [0.2, 0.25) is 5.91 Å². The highest BCUT2D eigenvalue weighted by Gasteiger charge is 2.19. The molecule has 2 aliphatic rings. The van der Waals surface area contributed by atoms with Crippen LogP contribution < -0.4 is 16.4 Å². The Balaban J connectivity index is 1.54. The first kappa shape index (κ1) is 14.2. The summed E-state index contributed by atoms with van der Waals surface area (Å²) in [6.07, 6.45) is 0.432. The highest BCUT2D eigenvalue weighted by atomic mass is 16.1. The Bertz CT molecular complexity index is 537. The first-order valence-electron chi connectivity index (χ1n) is 7.49. The molecule has 4 N–H and O–H groups in total. The van der Waals surface area contributed by atoms with Crippen molar-refractivity contribution in [3.8, 4) is 0 Å². The molecule has 0 spiro atoms. The van der Waals surface area contributed by atoms with E-state index < -0.39 is 0 Å². The van der Waals surface area contributed by atoms with Gasteiger partial charge in [-0.1, -0.05) is 0 Å². The Morgan fingerprint density at radius 3 is 2.81 bits per heavy atom. The maximum atomic E-state index is 11.4. The molecule has 1 fully saturated rings. The van der Waals surface area contributed by atoms with E-state index in [-0.39, 0.29) is 5.91 Å². The molecule has 0 atom stereocenters. The van der Waals surface area contributed by atoms with E-state index in [1.807, 2.05) is 12.1 Å². The molecule has 0 bridgehead atoms. The molecule has 1 aromatic rings. The monoisotopic (exact) mass is 289 g/mol. The van der Waals surface area contributed by atoms with Crippen LogP contribution in [0.25, 0.3) is 0 Å². The third kappa shape index (κ3) is 3.28. The predicted molar refractivity (Wildman–Crippen MR) is 85.6 cm³/mol. The van der Waals surface area contributed by atoms with Gasteiger partial charge >= 0.3 is 0 Å². The number of nitrogens with zero attached hydrogens (tertiary/aromatic N) is 2. The van der Waals surface area contributed by atoms with Crippen LogP contribution in [-0.4, -0.2) is 62.0 Å². The molecule has 2 aliphatic heterocycles. The standard InChI is InChI=1S/C15H23N5O/c1-19-4-6-20(7-5-19)3-2-17-14-10-13-11(8-12(14)16)9-15(21)18-13/h8,10,17H,2-7,9,16H2,1H3,(H,18,21). The van der Waals surface area contributed by atoms with Gasteiger partial charge in [0.05, 0.1) is 17.8 Å². The summed E-state index contributed by atoms with van der Waals surface area (Å²) in [4.78, 5) is 16.2. The SMILES string of the molecule is CN1CCN(CCNc2cc3c(cc2N)CC(=O)N3)CC1. The van der Waals surface area contributed by atoms with Crippen LogP contribution in [0.3, 0.4) is 0 Å². The number of nitrogen functional groups attached to an aromatic ring is 1. The maximum Gasteiger partial charge on any atom is 0.228 e. The molecule has 1 amide bonds. The number of hydrogen-bond acceptors (Lipinski definition) is 5. The Hall–Kier alpha value is -1.79. The molecule has 0 aromatic heterocycles. The highest BCUT2D eigenvalue weighted by Crippen LogP contribution is 2.31. The Morgan fingerprint density at radius 2 is 2.05 bits per heavy atom. The fourth-order valence-electron chi connectivity index (χ4n) is 2.87. The van der Waals surface area contributed by atoms with Crippen molar-refractivity contribution in [1.82, 2.24) is 9.80 Å². The lowest BCUT2D eigenvalue weighted by atomic mass is 10.1. The van der Waals surface area contributed by atoms with Gasteiger partial charge in [-0.25, -0.2) is 0 Å². The molecule has 1 saturated heterocycles. The number of amides is 1. The Labute approximate surface area is 125 Å². The Kier molecular flexibility index (Phi) is 3.98. The van der Waals surface area contributed by atoms with Gasteiger partial charge in [0.1, 0.15) is 0 Å². The van der Waals surface area contributed by atoms with E-state index in [2.05, 4.69) is 27.5 Å². The van der Waals surface area contributed by atoms with Gasteiger partial charge in [0.25, 0.3) is 0 Å². The van der Waals surface area contributed by atoms with E-state index in [1.54, 1.807) is 0 Å². The lowest BCUT2D eigenvalue weighted by molar-refractivity contribution is -0.115. The molecule has 114 valence electrons. The van der Waals surface area contributed by atoms with Gasteiger partial charge in [-0.05, 0) is 24.7 Å². The van der Waals surface area contributed by atoms with Gasteiger partial charge in [-0.15, -0.1) is 0 Å². The predicted octanol–water partition coefficient (Wildman–Crippen LogP) is 0.423. The third-order valence-electron chi connectivity index (χ3n) is 4.24. The number of fused-ring (bicyclic) bond motifs is 1. The molecule has 2 heterocycles. The fraction of sp³-hybridized carbons (Fsp3) is 0.533. The summed E-state index contributed by atoms with van der Waals surface area (Å²) in [6.45, 7) is 6.37. The van der Waals surface area contributed by atoms with Gasteiger partial charge in [0, 0.05) is 45.0 Å². The Morgan fingerprint density at radius 1 is 1.29 bits per heavy atom. The summed E-state index contributed by atoms with van der Waals surface area (Å²) < 4.78 is 0. The molecular weight excluding hydrogens is 266 g/mol. The number of anilines is 3. The number of likely N-dealkylation sites (N-methyl/N-ethyl adjacent to an activating group) is 1. The molecule has 21 heavy (non-hydrogen) atoms. The van der Waals surface area contributed by atoms with E-state index in [0.29, 0.717) is 12.1 Å². The number of benzene rings is 1. The summed E-state index contributed by atoms with van der Waals surface area (Å²) in [5.41, 5.74) is 9.55. The number of rotatable bonds is 4. The minimum atomic E-state index is 0.0407. The second-order valence-electron chi connectivity index (χ2n) is 5.89. The fourth-order valence-corrected chi connectivity index (χ4v) is 2.87.